The molecule has 3 heterocycles. The minimum absolute atomic E-state index is 0.0635. The number of methoxy groups -OCH3 is 3. The molecular formula is C23H24FN7O5S. The zero-order valence-electron chi connectivity index (χ0n) is 20.4. The van der Waals surface area contributed by atoms with Gasteiger partial charge < -0.3 is 14.2 Å². The van der Waals surface area contributed by atoms with Crippen molar-refractivity contribution in [1.82, 2.24) is 29.7 Å². The summed E-state index contributed by atoms with van der Waals surface area (Å²) in [6.07, 6.45) is 3.42. The third-order valence-electron chi connectivity index (χ3n) is 5.39. The zero-order chi connectivity index (χ0) is 26.6. The van der Waals surface area contributed by atoms with Crippen molar-refractivity contribution < 1.29 is 27.0 Å². The van der Waals surface area contributed by atoms with Crippen molar-refractivity contribution in [2.24, 2.45) is 0 Å². The fourth-order valence-corrected chi connectivity index (χ4v) is 4.44. The predicted octanol–water partition coefficient (Wildman–Crippen LogP) is 2.66. The van der Waals surface area contributed by atoms with Crippen LogP contribution in [0.15, 0.2) is 48.9 Å². The molecule has 1 aromatic carbocycles. The van der Waals surface area contributed by atoms with Gasteiger partial charge in [-0.25, -0.2) is 22.8 Å². The van der Waals surface area contributed by atoms with E-state index in [1.165, 1.54) is 39.0 Å². The van der Waals surface area contributed by atoms with Gasteiger partial charge in [0.25, 0.3) is 0 Å². The van der Waals surface area contributed by atoms with E-state index in [1.807, 2.05) is 0 Å². The lowest BCUT2D eigenvalue weighted by atomic mass is 10.2. The van der Waals surface area contributed by atoms with Crippen LogP contribution >= 0.6 is 0 Å². The zero-order valence-corrected chi connectivity index (χ0v) is 21.2. The maximum Gasteiger partial charge on any atom is 0.243 e. The van der Waals surface area contributed by atoms with Crippen LogP contribution in [0.3, 0.4) is 0 Å². The number of rotatable bonds is 10. The Morgan fingerprint density at radius 3 is 2.30 bits per heavy atom. The molecule has 194 valence electrons. The first-order valence-electron chi connectivity index (χ1n) is 10.9. The standard InChI is InChI=1S/C23H24FN7O5S/c1-14(10-20-26-12-15(24)13-27-20)37(32,33)30-23-29-28-22(17-11-16(34-2)8-9-25-17)31(23)21-18(35-3)6-5-7-19(21)36-4/h5-9,11-14H,10H2,1-4H3,(H,29,30)/t14-/m0/s1. The second-order valence-electron chi connectivity index (χ2n) is 7.75. The van der Waals surface area contributed by atoms with Crippen molar-refractivity contribution in [3.8, 4) is 34.5 Å². The molecule has 37 heavy (non-hydrogen) atoms. The molecule has 1 N–H and O–H groups in total. The Morgan fingerprint density at radius 1 is 1.00 bits per heavy atom. The smallest absolute Gasteiger partial charge is 0.243 e. The molecule has 14 heteroatoms. The van der Waals surface area contributed by atoms with Crippen LogP contribution in [0.1, 0.15) is 12.7 Å². The van der Waals surface area contributed by atoms with Crippen molar-refractivity contribution >= 4 is 16.0 Å². The number of nitrogens with zero attached hydrogens (tertiary/aromatic N) is 6. The summed E-state index contributed by atoms with van der Waals surface area (Å²) in [5.41, 5.74) is 0.711. The van der Waals surface area contributed by atoms with Gasteiger partial charge in [0, 0.05) is 18.7 Å². The van der Waals surface area contributed by atoms with Gasteiger partial charge in [0.15, 0.2) is 11.6 Å². The van der Waals surface area contributed by atoms with Crippen LogP contribution < -0.4 is 18.9 Å². The van der Waals surface area contributed by atoms with E-state index in [1.54, 1.807) is 30.3 Å². The van der Waals surface area contributed by atoms with E-state index in [0.29, 0.717) is 28.6 Å². The van der Waals surface area contributed by atoms with Gasteiger partial charge >= 0.3 is 0 Å². The normalized spacial score (nSPS) is 12.1. The molecule has 4 aromatic rings. The molecule has 3 aromatic heterocycles. The third-order valence-corrected chi connectivity index (χ3v) is 7.08. The van der Waals surface area contributed by atoms with Gasteiger partial charge in [-0.1, -0.05) is 6.07 Å². The molecule has 0 bridgehead atoms. The highest BCUT2D eigenvalue weighted by Crippen LogP contribution is 2.37. The van der Waals surface area contributed by atoms with Gasteiger partial charge in [0.2, 0.25) is 16.0 Å². The number of hydrogen-bond acceptors (Lipinski definition) is 10. The second-order valence-corrected chi connectivity index (χ2v) is 9.85. The van der Waals surface area contributed by atoms with Crippen molar-refractivity contribution in [2.45, 2.75) is 18.6 Å². The van der Waals surface area contributed by atoms with E-state index in [2.05, 4.69) is 29.9 Å². The van der Waals surface area contributed by atoms with Crippen molar-refractivity contribution in [3.05, 3.63) is 60.6 Å². The fraction of sp³-hybridized carbons (Fsp3) is 0.261. The van der Waals surface area contributed by atoms with E-state index in [9.17, 15) is 12.8 Å². The van der Waals surface area contributed by atoms with E-state index in [0.717, 1.165) is 12.4 Å². The van der Waals surface area contributed by atoms with Crippen LogP contribution in [0.2, 0.25) is 0 Å². The Labute approximate surface area is 212 Å². The Bertz CT molecular complexity index is 1470. The lowest BCUT2D eigenvalue weighted by Gasteiger charge is -2.19. The van der Waals surface area contributed by atoms with E-state index in [-0.39, 0.29) is 24.0 Å². The van der Waals surface area contributed by atoms with E-state index >= 15 is 0 Å². The Kier molecular flexibility index (Phi) is 7.47. The Morgan fingerprint density at radius 2 is 1.68 bits per heavy atom. The number of aromatic nitrogens is 6. The highest BCUT2D eigenvalue weighted by molar-refractivity contribution is 7.93. The summed E-state index contributed by atoms with van der Waals surface area (Å²) < 4.78 is 60.1. The first-order valence-corrected chi connectivity index (χ1v) is 12.5. The Hall–Kier alpha value is -4.33. The average molecular weight is 530 g/mol. The number of halogens is 1. The number of nitrogens with one attached hydrogen (secondary N) is 1. The van der Waals surface area contributed by atoms with Crippen LogP contribution in [0, 0.1) is 5.82 Å². The summed E-state index contributed by atoms with van der Waals surface area (Å²) >= 11 is 0. The summed E-state index contributed by atoms with van der Waals surface area (Å²) in [7, 11) is 0.412. The van der Waals surface area contributed by atoms with Crippen LogP contribution in [0.25, 0.3) is 17.2 Å². The van der Waals surface area contributed by atoms with Gasteiger partial charge in [-0.15, -0.1) is 10.2 Å². The molecule has 1 atom stereocenters. The van der Waals surface area contributed by atoms with Crippen molar-refractivity contribution in [2.75, 3.05) is 26.1 Å². The first-order chi connectivity index (χ1) is 17.8. The minimum atomic E-state index is -4.05. The average Bonchev–Trinajstić information content (AvgIpc) is 3.31. The molecule has 0 spiro atoms. The second kappa shape index (κ2) is 10.7. The number of hydrogen-bond donors (Lipinski definition) is 1. The van der Waals surface area contributed by atoms with Crippen LogP contribution in [-0.2, 0) is 16.4 Å². The topological polar surface area (TPSA) is 143 Å². The summed E-state index contributed by atoms with van der Waals surface area (Å²) in [5.74, 6) is 0.890. The molecule has 0 amide bonds. The lowest BCUT2D eigenvalue weighted by Crippen LogP contribution is -2.29. The molecule has 0 aliphatic heterocycles. The maximum absolute atomic E-state index is 13.3. The number of para-hydroxylation sites is 1. The molecule has 0 saturated heterocycles. The summed E-state index contributed by atoms with van der Waals surface area (Å²) in [4.78, 5) is 12.0. The number of pyridine rings is 1. The molecule has 0 aliphatic carbocycles. The SMILES string of the molecule is COc1ccnc(-c2nnc(NS(=O)(=O)[C@@H](C)Cc3ncc(F)cn3)n2-c2c(OC)cccc2OC)c1. The summed E-state index contributed by atoms with van der Waals surface area (Å²) in [6.45, 7) is 1.48. The van der Waals surface area contributed by atoms with Gasteiger partial charge in [0.1, 0.15) is 34.5 Å². The van der Waals surface area contributed by atoms with Crippen LogP contribution in [-0.4, -0.2) is 64.7 Å². The van der Waals surface area contributed by atoms with Crippen LogP contribution in [0.4, 0.5) is 10.3 Å². The largest absolute Gasteiger partial charge is 0.497 e. The number of benzene rings is 1. The monoisotopic (exact) mass is 529 g/mol. The molecule has 0 aliphatic rings. The highest BCUT2D eigenvalue weighted by Gasteiger charge is 2.29. The van der Waals surface area contributed by atoms with Gasteiger partial charge in [-0.3, -0.25) is 14.3 Å². The number of ether oxygens (including phenoxy) is 3. The quantitative estimate of drug-likeness (QED) is 0.326. The summed E-state index contributed by atoms with van der Waals surface area (Å²) in [6, 6.07) is 8.40. The molecule has 0 radical (unpaired) electrons. The van der Waals surface area contributed by atoms with Crippen molar-refractivity contribution in [3.63, 3.8) is 0 Å². The molecular weight excluding hydrogens is 505 g/mol. The molecule has 0 saturated carbocycles. The Balaban J connectivity index is 1.82. The first kappa shape index (κ1) is 25.8. The minimum Gasteiger partial charge on any atom is -0.497 e. The fourth-order valence-electron chi connectivity index (χ4n) is 3.48. The summed E-state index contributed by atoms with van der Waals surface area (Å²) in [5, 5.41) is 7.33. The van der Waals surface area contributed by atoms with Gasteiger partial charge in [-0.2, -0.15) is 0 Å². The van der Waals surface area contributed by atoms with Crippen molar-refractivity contribution in [1.29, 1.82) is 0 Å². The molecule has 4 rings (SSSR count). The maximum atomic E-state index is 13.3. The lowest BCUT2D eigenvalue weighted by molar-refractivity contribution is 0.391. The predicted molar refractivity (Wildman–Crippen MR) is 132 cm³/mol. The molecule has 0 unspecified atom stereocenters. The highest BCUT2D eigenvalue weighted by atomic mass is 32.2. The van der Waals surface area contributed by atoms with Crippen LogP contribution in [0.5, 0.6) is 17.2 Å². The number of anilines is 1. The van der Waals surface area contributed by atoms with E-state index in [4.69, 9.17) is 14.2 Å². The number of sulfonamides is 1. The third kappa shape index (κ3) is 5.43. The van der Waals surface area contributed by atoms with Gasteiger partial charge in [0.05, 0.1) is 39.0 Å². The molecule has 12 nitrogen and oxygen atoms in total. The van der Waals surface area contributed by atoms with Gasteiger partial charge in [-0.05, 0) is 25.1 Å². The van der Waals surface area contributed by atoms with E-state index < -0.39 is 21.1 Å². The molecule has 0 fully saturated rings.